The molecule has 11 heteroatoms. The normalized spacial score (nSPS) is 11.7. The predicted molar refractivity (Wildman–Crippen MR) is 112 cm³/mol. The number of hydrogen-bond donors (Lipinski definition) is 4. The van der Waals surface area contributed by atoms with Gasteiger partial charge in [0.2, 0.25) is 0 Å². The first kappa shape index (κ1) is 20.9. The number of pyridine rings is 2. The van der Waals surface area contributed by atoms with Crippen LogP contribution in [0.1, 0.15) is 30.3 Å². The van der Waals surface area contributed by atoms with Gasteiger partial charge in [0.05, 0.1) is 42.6 Å². The molecular weight excluding hydrogens is 386 g/mol. The number of amides is 1. The molecule has 0 aliphatic heterocycles. The zero-order chi connectivity index (χ0) is 21.5. The second-order valence-electron chi connectivity index (χ2n) is 6.46. The summed E-state index contributed by atoms with van der Waals surface area (Å²) < 4.78 is 0. The molecule has 30 heavy (non-hydrogen) atoms. The van der Waals surface area contributed by atoms with Gasteiger partial charge in [0.1, 0.15) is 5.82 Å². The van der Waals surface area contributed by atoms with Crippen molar-refractivity contribution in [2.75, 3.05) is 17.2 Å². The van der Waals surface area contributed by atoms with Crippen molar-refractivity contribution in [2.24, 2.45) is 11.5 Å². The van der Waals surface area contributed by atoms with Gasteiger partial charge in [0.15, 0.2) is 17.3 Å². The highest BCUT2D eigenvalue weighted by Gasteiger charge is 2.18. The molecule has 0 aromatic carbocycles. The zero-order valence-electron chi connectivity index (χ0n) is 16.4. The minimum Gasteiger partial charge on any atom is -0.374 e. The average Bonchev–Trinajstić information content (AvgIpc) is 3.28. The van der Waals surface area contributed by atoms with Gasteiger partial charge in [-0.05, 0) is 24.6 Å². The van der Waals surface area contributed by atoms with Gasteiger partial charge in [-0.1, -0.05) is 19.4 Å². The third-order valence-electron chi connectivity index (χ3n) is 4.25. The minimum absolute atomic E-state index is 0.0437. The number of nitrogens with one attached hydrogen (secondary N) is 2. The van der Waals surface area contributed by atoms with E-state index in [-0.39, 0.29) is 18.0 Å². The summed E-state index contributed by atoms with van der Waals surface area (Å²) in [7, 11) is 0. The maximum atomic E-state index is 12.1. The number of anilines is 3. The minimum atomic E-state index is -0.697. The fraction of sp³-hybridized carbons (Fsp3) is 0.263. The Balaban J connectivity index is 1.89. The largest absolute Gasteiger partial charge is 0.374 e. The highest BCUT2D eigenvalue weighted by Crippen LogP contribution is 2.23. The molecule has 156 valence electrons. The van der Waals surface area contributed by atoms with Crippen LogP contribution < -0.4 is 22.1 Å². The molecule has 3 heterocycles. The molecule has 3 aromatic rings. The highest BCUT2D eigenvalue weighted by molar-refractivity contribution is 5.98. The van der Waals surface area contributed by atoms with Crippen molar-refractivity contribution in [2.45, 2.75) is 25.8 Å². The molecule has 0 saturated carbocycles. The number of ketones is 1. The molecule has 0 spiro atoms. The Morgan fingerprint density at radius 1 is 1.23 bits per heavy atom. The SMILES string of the molecule is CCC[C@@H](Nc1cnc(C(N)=O)c(Nc2cccc(-n3nccn3)n2)c1)C(=O)CN. The molecule has 0 bridgehead atoms. The molecule has 1 amide bonds. The number of Topliss-reactive ketones (excluding diaryl/α,β-unsaturated/α-hetero) is 1. The van der Waals surface area contributed by atoms with Gasteiger partial charge in [0, 0.05) is 0 Å². The third-order valence-corrected chi connectivity index (χ3v) is 4.25. The van der Waals surface area contributed by atoms with E-state index < -0.39 is 11.9 Å². The van der Waals surface area contributed by atoms with Crippen LogP contribution in [0.2, 0.25) is 0 Å². The Morgan fingerprint density at radius 3 is 2.67 bits per heavy atom. The lowest BCUT2D eigenvalue weighted by atomic mass is 10.1. The van der Waals surface area contributed by atoms with Crippen LogP contribution in [-0.2, 0) is 4.79 Å². The Hall–Kier alpha value is -3.86. The van der Waals surface area contributed by atoms with Crippen molar-refractivity contribution in [3.8, 4) is 5.82 Å². The van der Waals surface area contributed by atoms with E-state index in [1.54, 1.807) is 36.7 Å². The second-order valence-corrected chi connectivity index (χ2v) is 6.46. The maximum absolute atomic E-state index is 12.1. The highest BCUT2D eigenvalue weighted by atomic mass is 16.1. The van der Waals surface area contributed by atoms with Crippen molar-refractivity contribution >= 4 is 28.9 Å². The van der Waals surface area contributed by atoms with Gasteiger partial charge in [0.25, 0.3) is 5.91 Å². The van der Waals surface area contributed by atoms with Crippen molar-refractivity contribution < 1.29 is 9.59 Å². The molecular formula is C19H23N9O2. The molecule has 3 aromatic heterocycles. The number of rotatable bonds is 10. The van der Waals surface area contributed by atoms with Crippen molar-refractivity contribution in [3.05, 3.63) is 48.5 Å². The molecule has 0 fully saturated rings. The van der Waals surface area contributed by atoms with Gasteiger partial charge >= 0.3 is 0 Å². The summed E-state index contributed by atoms with van der Waals surface area (Å²) in [6, 6.07) is 6.44. The Morgan fingerprint density at radius 2 is 2.00 bits per heavy atom. The Bertz CT molecular complexity index is 1020. The van der Waals surface area contributed by atoms with Crippen LogP contribution >= 0.6 is 0 Å². The number of carbonyl (C=O) groups excluding carboxylic acids is 2. The number of nitrogens with two attached hydrogens (primary N) is 2. The molecule has 1 atom stereocenters. The predicted octanol–water partition coefficient (Wildman–Crippen LogP) is 1.01. The molecule has 0 aliphatic rings. The quantitative estimate of drug-likeness (QED) is 0.382. The van der Waals surface area contributed by atoms with Gasteiger partial charge in [-0.2, -0.15) is 10.2 Å². The van der Waals surface area contributed by atoms with Gasteiger partial charge in [-0.25, -0.2) is 9.97 Å². The van der Waals surface area contributed by atoms with E-state index in [1.165, 1.54) is 11.0 Å². The molecule has 11 nitrogen and oxygen atoms in total. The Labute approximate surface area is 172 Å². The van der Waals surface area contributed by atoms with Crippen LogP contribution in [0.15, 0.2) is 42.9 Å². The van der Waals surface area contributed by atoms with Crippen LogP contribution in [-0.4, -0.2) is 49.2 Å². The molecule has 6 N–H and O–H groups in total. The van der Waals surface area contributed by atoms with Crippen molar-refractivity contribution in [3.63, 3.8) is 0 Å². The summed E-state index contributed by atoms with van der Waals surface area (Å²) in [5.74, 6) is 0.127. The smallest absolute Gasteiger partial charge is 0.269 e. The average molecular weight is 409 g/mol. The lowest BCUT2D eigenvalue weighted by Gasteiger charge is -2.18. The molecule has 0 unspecified atom stereocenters. The van der Waals surface area contributed by atoms with Gasteiger partial charge < -0.3 is 22.1 Å². The number of primary amides is 1. The topological polar surface area (TPSA) is 167 Å². The van der Waals surface area contributed by atoms with E-state index in [4.69, 9.17) is 11.5 Å². The molecule has 0 radical (unpaired) electrons. The summed E-state index contributed by atoms with van der Waals surface area (Å²) >= 11 is 0. The van der Waals surface area contributed by atoms with Crippen LogP contribution in [0.5, 0.6) is 0 Å². The lowest BCUT2D eigenvalue weighted by Crippen LogP contribution is -2.34. The zero-order valence-corrected chi connectivity index (χ0v) is 16.4. The molecule has 0 aliphatic carbocycles. The van der Waals surface area contributed by atoms with E-state index in [9.17, 15) is 9.59 Å². The fourth-order valence-corrected chi connectivity index (χ4v) is 2.86. The number of aromatic nitrogens is 5. The molecule has 0 saturated heterocycles. The summed E-state index contributed by atoms with van der Waals surface area (Å²) in [4.78, 5) is 33.9. The number of hydrogen-bond acceptors (Lipinski definition) is 9. The second kappa shape index (κ2) is 9.56. The summed E-state index contributed by atoms with van der Waals surface area (Å²) in [6.07, 6.45) is 5.97. The first-order valence-electron chi connectivity index (χ1n) is 9.41. The monoisotopic (exact) mass is 409 g/mol. The van der Waals surface area contributed by atoms with Crippen LogP contribution in [0.25, 0.3) is 5.82 Å². The van der Waals surface area contributed by atoms with E-state index in [1.807, 2.05) is 6.92 Å². The van der Waals surface area contributed by atoms with Crippen molar-refractivity contribution in [1.82, 2.24) is 25.0 Å². The van der Waals surface area contributed by atoms with E-state index in [2.05, 4.69) is 30.8 Å². The number of nitrogens with zero attached hydrogens (tertiary/aromatic N) is 5. The van der Waals surface area contributed by atoms with Gasteiger partial charge in [-0.3, -0.25) is 9.59 Å². The first-order valence-corrected chi connectivity index (χ1v) is 9.41. The molecule has 3 rings (SSSR count). The lowest BCUT2D eigenvalue weighted by molar-refractivity contribution is -0.118. The van der Waals surface area contributed by atoms with Crippen LogP contribution in [0, 0.1) is 0 Å². The fourth-order valence-electron chi connectivity index (χ4n) is 2.86. The first-order chi connectivity index (χ1) is 14.5. The Kier molecular flexibility index (Phi) is 6.65. The van der Waals surface area contributed by atoms with Crippen molar-refractivity contribution in [1.29, 1.82) is 0 Å². The van der Waals surface area contributed by atoms with Gasteiger partial charge in [-0.15, -0.1) is 4.80 Å². The van der Waals surface area contributed by atoms with E-state index >= 15 is 0 Å². The van der Waals surface area contributed by atoms with E-state index in [0.717, 1.165) is 6.42 Å². The summed E-state index contributed by atoms with van der Waals surface area (Å²) in [5.41, 5.74) is 11.9. The summed E-state index contributed by atoms with van der Waals surface area (Å²) in [5, 5.41) is 14.3. The third kappa shape index (κ3) is 4.94. The maximum Gasteiger partial charge on any atom is 0.269 e. The van der Waals surface area contributed by atoms with Crippen LogP contribution in [0.4, 0.5) is 17.2 Å². The van der Waals surface area contributed by atoms with Crippen LogP contribution in [0.3, 0.4) is 0 Å². The number of carbonyl (C=O) groups is 2. The van der Waals surface area contributed by atoms with E-state index in [0.29, 0.717) is 29.4 Å². The standard InChI is InChI=1S/C19H23N9O2/c1-2-4-13(15(29)10-20)25-12-9-14(18(19(21)30)22-11-12)26-16-5-3-6-17(27-16)28-23-7-8-24-28/h3,5-9,11,13,25H,2,4,10,20H2,1H3,(H2,21,30)(H,26,27)/t13-/m1/s1. The summed E-state index contributed by atoms with van der Waals surface area (Å²) in [6.45, 7) is 1.92.